The number of benzene rings is 1. The largest absolute Gasteiger partial charge is 0.481 e. The van der Waals surface area contributed by atoms with Gasteiger partial charge in [0.25, 0.3) is 0 Å². The maximum absolute atomic E-state index is 9.76. The van der Waals surface area contributed by atoms with Gasteiger partial charge in [0.15, 0.2) is 0 Å². The van der Waals surface area contributed by atoms with Crippen LogP contribution in [0.2, 0.25) is 0 Å². The molecular formula is C11H11NO2. The highest BCUT2D eigenvalue weighted by Gasteiger charge is 2.06. The summed E-state index contributed by atoms with van der Waals surface area (Å²) < 4.78 is 0. The van der Waals surface area contributed by atoms with Gasteiger partial charge in [-0.1, -0.05) is 18.2 Å². The molecule has 1 N–H and O–H groups in total. The molecule has 0 bridgehead atoms. The SMILES string of the molecule is N#CCCCC(=O)O.c1cc2cc-2c1. The van der Waals surface area contributed by atoms with E-state index in [0.717, 1.165) is 0 Å². The fraction of sp³-hybridized carbons (Fsp3) is 0.273. The minimum atomic E-state index is -0.833. The summed E-state index contributed by atoms with van der Waals surface area (Å²) in [5.41, 5.74) is 2.85. The third-order valence-electron chi connectivity index (χ3n) is 1.79. The summed E-state index contributed by atoms with van der Waals surface area (Å²) in [4.78, 5) is 9.76. The highest BCUT2D eigenvalue weighted by molar-refractivity contribution is 5.80. The Morgan fingerprint density at radius 1 is 1.43 bits per heavy atom. The van der Waals surface area contributed by atoms with Crippen LogP contribution in [0, 0.1) is 11.3 Å². The topological polar surface area (TPSA) is 61.1 Å². The Hall–Kier alpha value is -1.82. The van der Waals surface area contributed by atoms with Crippen LogP contribution in [0.1, 0.15) is 19.3 Å². The molecule has 0 aromatic carbocycles. The van der Waals surface area contributed by atoms with E-state index in [0.29, 0.717) is 12.8 Å². The van der Waals surface area contributed by atoms with Gasteiger partial charge in [0.1, 0.15) is 0 Å². The van der Waals surface area contributed by atoms with Gasteiger partial charge >= 0.3 is 5.97 Å². The Balaban J connectivity index is 0.000000143. The zero-order chi connectivity index (χ0) is 10.4. The molecule has 0 spiro atoms. The van der Waals surface area contributed by atoms with Crippen molar-refractivity contribution >= 4 is 5.97 Å². The molecule has 0 aromatic heterocycles. The summed E-state index contributed by atoms with van der Waals surface area (Å²) >= 11 is 0. The third kappa shape index (κ3) is 3.72. The first-order chi connectivity index (χ1) is 6.74. The summed E-state index contributed by atoms with van der Waals surface area (Å²) in [6.07, 6.45) is 0.908. The average Bonchev–Trinajstić information content (AvgIpc) is 2.75. The molecule has 14 heavy (non-hydrogen) atoms. The molecule has 0 aliphatic heterocycles. The van der Waals surface area contributed by atoms with Crippen LogP contribution in [0.25, 0.3) is 11.1 Å². The van der Waals surface area contributed by atoms with Gasteiger partial charge in [-0.05, 0) is 23.6 Å². The Morgan fingerprint density at radius 2 is 2.07 bits per heavy atom. The molecule has 0 amide bonds. The van der Waals surface area contributed by atoms with Crippen molar-refractivity contribution in [3.63, 3.8) is 0 Å². The number of hydrogen-bond acceptors (Lipinski definition) is 2. The fourth-order valence-corrected chi connectivity index (χ4v) is 0.994. The lowest BCUT2D eigenvalue weighted by atomic mass is 10.2. The Morgan fingerprint density at radius 3 is 2.36 bits per heavy atom. The number of nitriles is 1. The summed E-state index contributed by atoms with van der Waals surface area (Å²) in [7, 11) is 0. The molecule has 2 rings (SSSR count). The smallest absolute Gasteiger partial charge is 0.303 e. The fourth-order valence-electron chi connectivity index (χ4n) is 0.994. The molecule has 0 aromatic rings. The van der Waals surface area contributed by atoms with E-state index in [1.165, 1.54) is 11.1 Å². The molecule has 3 nitrogen and oxygen atoms in total. The monoisotopic (exact) mass is 189 g/mol. The number of carboxylic acid groups (broad SMARTS) is 1. The van der Waals surface area contributed by atoms with E-state index in [-0.39, 0.29) is 6.42 Å². The predicted octanol–water partition coefficient (Wildman–Crippen LogP) is 2.43. The molecular weight excluding hydrogens is 178 g/mol. The van der Waals surface area contributed by atoms with E-state index in [1.807, 2.05) is 6.07 Å². The van der Waals surface area contributed by atoms with Crippen LogP contribution in [0.15, 0.2) is 24.3 Å². The van der Waals surface area contributed by atoms with Crippen LogP contribution in [0.3, 0.4) is 0 Å². The van der Waals surface area contributed by atoms with Crippen molar-refractivity contribution in [1.82, 2.24) is 0 Å². The second-order valence-electron chi connectivity index (χ2n) is 2.99. The van der Waals surface area contributed by atoms with Crippen molar-refractivity contribution in [1.29, 1.82) is 5.26 Å². The Kier molecular flexibility index (Phi) is 3.69. The van der Waals surface area contributed by atoms with Gasteiger partial charge in [0.2, 0.25) is 0 Å². The standard InChI is InChI=1S/C6H4.C5H7NO2/c1-2-5-4-6(5)3-1;6-4-2-1-3-5(7)8/h1-4H;1-3H2,(H,7,8). The summed E-state index contributed by atoms with van der Waals surface area (Å²) in [5, 5.41) is 16.0. The van der Waals surface area contributed by atoms with E-state index in [1.54, 1.807) is 0 Å². The van der Waals surface area contributed by atoms with Crippen LogP contribution >= 0.6 is 0 Å². The molecule has 0 heterocycles. The molecule has 0 saturated heterocycles. The number of rotatable bonds is 3. The lowest BCUT2D eigenvalue weighted by Gasteiger charge is -1.84. The molecule has 2 aliphatic carbocycles. The molecule has 72 valence electrons. The number of nitrogens with zero attached hydrogens (tertiary/aromatic N) is 1. The zero-order valence-electron chi connectivity index (χ0n) is 7.73. The van der Waals surface area contributed by atoms with E-state index >= 15 is 0 Å². The molecule has 3 heteroatoms. The van der Waals surface area contributed by atoms with Gasteiger partial charge in [-0.15, -0.1) is 0 Å². The number of unbranched alkanes of at least 4 members (excludes halogenated alkanes) is 1. The van der Waals surface area contributed by atoms with Crippen LogP contribution in [0.5, 0.6) is 0 Å². The van der Waals surface area contributed by atoms with Gasteiger partial charge < -0.3 is 5.11 Å². The quantitative estimate of drug-likeness (QED) is 0.754. The maximum Gasteiger partial charge on any atom is 0.303 e. The van der Waals surface area contributed by atoms with Gasteiger partial charge in [-0.3, -0.25) is 4.79 Å². The van der Waals surface area contributed by atoms with Crippen molar-refractivity contribution in [2.45, 2.75) is 19.3 Å². The number of carboxylic acids is 1. The van der Waals surface area contributed by atoms with E-state index < -0.39 is 5.97 Å². The van der Waals surface area contributed by atoms with Crippen LogP contribution in [0.4, 0.5) is 0 Å². The van der Waals surface area contributed by atoms with Crippen molar-refractivity contribution < 1.29 is 9.90 Å². The zero-order valence-corrected chi connectivity index (χ0v) is 7.73. The molecule has 0 radical (unpaired) electrons. The van der Waals surface area contributed by atoms with Crippen molar-refractivity contribution in [2.24, 2.45) is 0 Å². The maximum atomic E-state index is 9.76. The van der Waals surface area contributed by atoms with E-state index in [9.17, 15) is 4.79 Å². The van der Waals surface area contributed by atoms with Crippen LogP contribution < -0.4 is 0 Å². The number of aliphatic carboxylic acids is 1. The summed E-state index contributed by atoms with van der Waals surface area (Å²) in [6, 6.07) is 10.3. The Bertz CT molecular complexity index is 349. The highest BCUT2D eigenvalue weighted by atomic mass is 16.4. The minimum Gasteiger partial charge on any atom is -0.481 e. The normalized spacial score (nSPS) is 9.36. The first-order valence-electron chi connectivity index (χ1n) is 4.43. The van der Waals surface area contributed by atoms with E-state index in [4.69, 9.17) is 10.4 Å². The molecule has 0 unspecified atom stereocenters. The highest BCUT2D eigenvalue weighted by Crippen LogP contribution is 2.32. The van der Waals surface area contributed by atoms with Gasteiger partial charge in [0, 0.05) is 12.8 Å². The van der Waals surface area contributed by atoms with Crippen LogP contribution in [-0.2, 0) is 4.79 Å². The lowest BCUT2D eigenvalue weighted by Crippen LogP contribution is -1.92. The number of hydrogen-bond donors (Lipinski definition) is 1. The van der Waals surface area contributed by atoms with Gasteiger partial charge in [-0.2, -0.15) is 5.26 Å². The first kappa shape index (κ1) is 10.3. The lowest BCUT2D eigenvalue weighted by molar-refractivity contribution is -0.137. The molecule has 0 saturated carbocycles. The van der Waals surface area contributed by atoms with Crippen LogP contribution in [-0.4, -0.2) is 11.1 Å². The molecule has 0 atom stereocenters. The number of carbonyl (C=O) groups is 1. The second-order valence-corrected chi connectivity index (χ2v) is 2.99. The molecule has 0 fully saturated rings. The molecule has 2 aliphatic rings. The first-order valence-corrected chi connectivity index (χ1v) is 4.43. The summed E-state index contributed by atoms with van der Waals surface area (Å²) in [5.74, 6) is -0.833. The van der Waals surface area contributed by atoms with Gasteiger partial charge in [-0.25, -0.2) is 0 Å². The van der Waals surface area contributed by atoms with Crippen molar-refractivity contribution in [3.8, 4) is 17.2 Å². The minimum absolute atomic E-state index is 0.105. The van der Waals surface area contributed by atoms with Crippen molar-refractivity contribution in [2.75, 3.05) is 0 Å². The number of fused-ring (bicyclic) bond motifs is 1. The summed E-state index contributed by atoms with van der Waals surface area (Å²) in [6.45, 7) is 0. The van der Waals surface area contributed by atoms with Crippen molar-refractivity contribution in [3.05, 3.63) is 24.3 Å². The second kappa shape index (κ2) is 5.03. The predicted molar refractivity (Wildman–Crippen MR) is 52.5 cm³/mol. The van der Waals surface area contributed by atoms with E-state index in [2.05, 4.69) is 24.3 Å². The average molecular weight is 189 g/mol. The third-order valence-corrected chi connectivity index (χ3v) is 1.79. The van der Waals surface area contributed by atoms with Gasteiger partial charge in [0.05, 0.1) is 6.07 Å². The Labute approximate surface area is 82.6 Å².